The maximum absolute atomic E-state index is 11.8. The van der Waals surface area contributed by atoms with Crippen LogP contribution >= 0.6 is 0 Å². The molecule has 1 N–H and O–H groups in total. The fourth-order valence-corrected chi connectivity index (χ4v) is 1.81. The molecule has 0 bridgehead atoms. The van der Waals surface area contributed by atoms with Crippen molar-refractivity contribution in [2.45, 2.75) is 38.8 Å². The number of amides is 1. The molecule has 5 heteroatoms. The second-order valence-electron chi connectivity index (χ2n) is 5.87. The van der Waals surface area contributed by atoms with Crippen LogP contribution in [0.25, 0.3) is 6.08 Å². The molecule has 0 aromatic heterocycles. The fraction of sp³-hybridized carbons (Fsp3) is 0.412. The first-order valence-electron chi connectivity index (χ1n) is 7.04. The maximum atomic E-state index is 11.8. The Kier molecular flexibility index (Phi) is 6.16. The van der Waals surface area contributed by atoms with Crippen LogP contribution in [0.5, 0.6) is 0 Å². The molecule has 1 rings (SSSR count). The number of carbonyl (C=O) groups is 2. The molecular weight excluding hydrogens is 282 g/mol. The Morgan fingerprint density at radius 3 is 2.32 bits per heavy atom. The molecule has 0 spiro atoms. The minimum absolute atomic E-state index is 0.323. The van der Waals surface area contributed by atoms with Crippen LogP contribution in [0.1, 0.15) is 31.9 Å². The smallest absolute Gasteiger partial charge is 0.408 e. The summed E-state index contributed by atoms with van der Waals surface area (Å²) in [5.41, 5.74) is 1.26. The Hall–Kier alpha value is -2.30. The highest BCUT2D eigenvalue weighted by Crippen LogP contribution is 2.11. The second-order valence-corrected chi connectivity index (χ2v) is 5.87. The molecule has 0 saturated carbocycles. The van der Waals surface area contributed by atoms with E-state index in [0.717, 1.165) is 11.1 Å². The van der Waals surface area contributed by atoms with E-state index in [4.69, 9.17) is 9.47 Å². The van der Waals surface area contributed by atoms with E-state index < -0.39 is 23.7 Å². The molecule has 0 heterocycles. The number of carbonyl (C=O) groups excluding carboxylic acids is 2. The number of ether oxygens (including phenoxy) is 2. The first-order chi connectivity index (χ1) is 10.2. The van der Waals surface area contributed by atoms with E-state index >= 15 is 0 Å². The molecule has 1 unspecified atom stereocenters. The summed E-state index contributed by atoms with van der Waals surface area (Å²) in [5, 5.41) is 2.55. The van der Waals surface area contributed by atoms with Crippen molar-refractivity contribution >= 4 is 18.1 Å². The van der Waals surface area contributed by atoms with Crippen LogP contribution in [0.2, 0.25) is 0 Å². The van der Waals surface area contributed by atoms with Crippen molar-refractivity contribution in [3.8, 4) is 0 Å². The van der Waals surface area contributed by atoms with Crippen molar-refractivity contribution in [3.63, 3.8) is 0 Å². The summed E-state index contributed by atoms with van der Waals surface area (Å²) in [6.07, 6.45) is 1.41. The lowest BCUT2D eigenvalue weighted by Crippen LogP contribution is -2.45. The first-order valence-corrected chi connectivity index (χ1v) is 7.04. The van der Waals surface area contributed by atoms with Crippen LogP contribution in [-0.4, -0.2) is 30.8 Å². The van der Waals surface area contributed by atoms with Crippen molar-refractivity contribution < 1.29 is 19.1 Å². The van der Waals surface area contributed by atoms with Gasteiger partial charge in [-0.15, -0.1) is 0 Å². The van der Waals surface area contributed by atoms with E-state index in [0.29, 0.717) is 6.42 Å². The van der Waals surface area contributed by atoms with E-state index in [1.54, 1.807) is 26.8 Å². The highest BCUT2D eigenvalue weighted by molar-refractivity contribution is 5.81. The van der Waals surface area contributed by atoms with Gasteiger partial charge in [-0.2, -0.15) is 0 Å². The first kappa shape index (κ1) is 17.8. The number of hydrogen-bond acceptors (Lipinski definition) is 4. The van der Waals surface area contributed by atoms with Crippen molar-refractivity contribution in [2.24, 2.45) is 0 Å². The molecule has 0 radical (unpaired) electrons. The highest BCUT2D eigenvalue weighted by Gasteiger charge is 2.25. The third-order valence-electron chi connectivity index (χ3n) is 2.83. The van der Waals surface area contributed by atoms with Crippen LogP contribution in [0.3, 0.4) is 0 Å². The SMILES string of the molecule is C=Cc1ccc(CC(NC(=O)OC(C)(C)C)C(=O)OC)cc1. The molecule has 0 aliphatic carbocycles. The third kappa shape index (κ3) is 5.99. The van der Waals surface area contributed by atoms with Crippen molar-refractivity contribution in [1.82, 2.24) is 5.32 Å². The molecule has 1 amide bonds. The van der Waals surface area contributed by atoms with Gasteiger partial charge in [0.05, 0.1) is 7.11 Å². The molecule has 1 aromatic carbocycles. The number of alkyl carbamates (subject to hydrolysis) is 1. The highest BCUT2D eigenvalue weighted by atomic mass is 16.6. The van der Waals surface area contributed by atoms with Crippen LogP contribution in [0.15, 0.2) is 30.8 Å². The van der Waals surface area contributed by atoms with Crippen LogP contribution in [0.4, 0.5) is 4.79 Å². The topological polar surface area (TPSA) is 64.6 Å². The number of methoxy groups -OCH3 is 1. The van der Waals surface area contributed by atoms with Crippen LogP contribution < -0.4 is 5.32 Å². The molecule has 0 fully saturated rings. The lowest BCUT2D eigenvalue weighted by atomic mass is 10.0. The predicted octanol–water partition coefficient (Wildman–Crippen LogP) is 2.94. The Morgan fingerprint density at radius 2 is 1.86 bits per heavy atom. The van der Waals surface area contributed by atoms with Gasteiger partial charge in [0.2, 0.25) is 0 Å². The van der Waals surface area contributed by atoms with Gasteiger partial charge in [-0.3, -0.25) is 0 Å². The molecular formula is C17H23NO4. The maximum Gasteiger partial charge on any atom is 0.408 e. The number of benzene rings is 1. The molecule has 0 aliphatic heterocycles. The summed E-state index contributed by atoms with van der Waals surface area (Å²) >= 11 is 0. The normalized spacial score (nSPS) is 12.2. The summed E-state index contributed by atoms with van der Waals surface area (Å²) in [4.78, 5) is 23.7. The van der Waals surface area contributed by atoms with E-state index in [1.807, 2.05) is 24.3 Å². The van der Waals surface area contributed by atoms with Gasteiger partial charge in [-0.1, -0.05) is 36.9 Å². The zero-order valence-corrected chi connectivity index (χ0v) is 13.5. The molecule has 1 atom stereocenters. The fourth-order valence-electron chi connectivity index (χ4n) is 1.81. The molecule has 120 valence electrons. The van der Waals surface area contributed by atoms with Gasteiger partial charge in [-0.05, 0) is 31.9 Å². The average Bonchev–Trinajstić information content (AvgIpc) is 2.44. The molecule has 0 saturated heterocycles. The Labute approximate surface area is 131 Å². The summed E-state index contributed by atoms with van der Waals surface area (Å²) < 4.78 is 9.90. The lowest BCUT2D eigenvalue weighted by Gasteiger charge is -2.22. The van der Waals surface area contributed by atoms with Crippen LogP contribution in [0, 0.1) is 0 Å². The molecule has 1 aromatic rings. The number of hydrogen-bond donors (Lipinski definition) is 1. The summed E-state index contributed by atoms with van der Waals surface area (Å²) in [7, 11) is 1.28. The zero-order chi connectivity index (χ0) is 16.8. The van der Waals surface area contributed by atoms with Crippen LogP contribution in [-0.2, 0) is 20.7 Å². The van der Waals surface area contributed by atoms with Gasteiger partial charge in [-0.25, -0.2) is 9.59 Å². The second kappa shape index (κ2) is 7.64. The van der Waals surface area contributed by atoms with Crippen molar-refractivity contribution in [2.75, 3.05) is 7.11 Å². The molecule has 22 heavy (non-hydrogen) atoms. The monoisotopic (exact) mass is 305 g/mol. The van der Waals surface area contributed by atoms with Crippen molar-refractivity contribution in [3.05, 3.63) is 42.0 Å². The zero-order valence-electron chi connectivity index (χ0n) is 13.5. The molecule has 0 aliphatic rings. The molecule has 5 nitrogen and oxygen atoms in total. The van der Waals surface area contributed by atoms with Gasteiger partial charge in [0.1, 0.15) is 11.6 Å². The number of nitrogens with one attached hydrogen (secondary N) is 1. The van der Waals surface area contributed by atoms with Gasteiger partial charge < -0.3 is 14.8 Å². The van der Waals surface area contributed by atoms with E-state index in [-0.39, 0.29) is 0 Å². The van der Waals surface area contributed by atoms with E-state index in [2.05, 4.69) is 11.9 Å². The minimum Gasteiger partial charge on any atom is -0.467 e. The predicted molar refractivity (Wildman–Crippen MR) is 85.4 cm³/mol. The number of rotatable bonds is 5. The summed E-state index contributed by atoms with van der Waals surface area (Å²) in [5.74, 6) is -0.515. The van der Waals surface area contributed by atoms with E-state index in [1.165, 1.54) is 7.11 Å². The Balaban J connectivity index is 2.77. The average molecular weight is 305 g/mol. The minimum atomic E-state index is -0.797. The Bertz CT molecular complexity index is 529. The quantitative estimate of drug-likeness (QED) is 0.850. The van der Waals surface area contributed by atoms with E-state index in [9.17, 15) is 9.59 Å². The van der Waals surface area contributed by atoms with Gasteiger partial charge in [0, 0.05) is 6.42 Å². The lowest BCUT2D eigenvalue weighted by molar-refractivity contribution is -0.143. The summed E-state index contributed by atoms with van der Waals surface area (Å²) in [6.45, 7) is 8.96. The largest absolute Gasteiger partial charge is 0.467 e. The number of esters is 1. The van der Waals surface area contributed by atoms with Gasteiger partial charge in [0.15, 0.2) is 0 Å². The standard InChI is InChI=1S/C17H23NO4/c1-6-12-7-9-13(10-8-12)11-14(15(19)21-5)18-16(20)22-17(2,3)4/h6-10,14H,1,11H2,2-5H3,(H,18,20). The van der Waals surface area contributed by atoms with Gasteiger partial charge in [0.25, 0.3) is 0 Å². The third-order valence-corrected chi connectivity index (χ3v) is 2.83. The Morgan fingerprint density at radius 1 is 1.27 bits per heavy atom. The summed E-state index contributed by atoms with van der Waals surface area (Å²) in [6, 6.07) is 6.75. The van der Waals surface area contributed by atoms with Gasteiger partial charge >= 0.3 is 12.1 Å². The van der Waals surface area contributed by atoms with Crippen molar-refractivity contribution in [1.29, 1.82) is 0 Å².